The minimum absolute atomic E-state index is 0.901. The molecular weight excluding hydrogens is 368 g/mol. The maximum absolute atomic E-state index is 12.2. The van der Waals surface area contributed by atoms with E-state index in [0.29, 0.717) is 0 Å². The number of halogens is 12. The first-order valence-corrected chi connectivity index (χ1v) is 5.10. The van der Waals surface area contributed by atoms with Crippen LogP contribution in [0.1, 0.15) is 6.42 Å². The van der Waals surface area contributed by atoms with Crippen LogP contribution in [0.5, 0.6) is 0 Å². The van der Waals surface area contributed by atoms with Crippen molar-refractivity contribution in [1.29, 1.82) is 0 Å². The summed E-state index contributed by atoms with van der Waals surface area (Å²) < 4.78 is 146. The molecule has 0 aliphatic carbocycles. The van der Waals surface area contributed by atoms with Crippen LogP contribution in [-0.2, 0) is 0 Å². The van der Waals surface area contributed by atoms with Gasteiger partial charge in [0.05, 0.1) is 0 Å². The predicted octanol–water partition coefficient (Wildman–Crippen LogP) is 3.64. The summed E-state index contributed by atoms with van der Waals surface area (Å²) in [6.45, 7) is 0. The van der Waals surface area contributed by atoms with E-state index >= 15 is 0 Å². The van der Waals surface area contributed by atoms with Gasteiger partial charge in [-0.1, -0.05) is 6.08 Å². The van der Waals surface area contributed by atoms with Crippen LogP contribution in [0.25, 0.3) is 0 Å². The first-order valence-electron chi connectivity index (χ1n) is 5.10. The molecule has 0 fully saturated rings. The largest absolute Gasteiger partial charge is 0.429 e. The Morgan fingerprint density at radius 1 is 0.565 bits per heavy atom. The average Bonchev–Trinajstić information content (AvgIpc) is 2.22. The number of alkyl halides is 12. The predicted molar refractivity (Wildman–Crippen MR) is 47.9 cm³/mol. The lowest BCUT2D eigenvalue weighted by Gasteiger charge is -2.32. The highest BCUT2D eigenvalue weighted by molar-refractivity contribution is 5.12. The molecule has 0 aliphatic rings. The second kappa shape index (κ2) is 5.72. The average molecular weight is 374 g/mol. The Bertz CT molecular complexity index is 409. The molecule has 0 rings (SSSR count). The fourth-order valence-electron chi connectivity index (χ4n) is 1.14. The van der Waals surface area contributed by atoms with Crippen LogP contribution < -0.4 is 0 Å². The Kier molecular flexibility index (Phi) is 5.42. The first kappa shape index (κ1) is 21.8. The lowest BCUT2D eigenvalue weighted by Crippen LogP contribution is -2.57. The van der Waals surface area contributed by atoms with Crippen LogP contribution >= 0.6 is 0 Å². The molecular formula is C9H6F12O2. The summed E-state index contributed by atoms with van der Waals surface area (Å²) in [5, 5.41) is 17.0. The van der Waals surface area contributed by atoms with Crippen molar-refractivity contribution >= 4 is 0 Å². The normalized spacial score (nSPS) is 16.3. The Hall–Kier alpha value is -1.18. The highest BCUT2D eigenvalue weighted by Crippen LogP contribution is 2.47. The van der Waals surface area contributed by atoms with Gasteiger partial charge in [0.1, 0.15) is 0 Å². The number of rotatable bonds is 3. The first-order chi connectivity index (χ1) is 9.71. The van der Waals surface area contributed by atoms with Crippen molar-refractivity contribution in [2.75, 3.05) is 0 Å². The van der Waals surface area contributed by atoms with Gasteiger partial charge in [-0.05, 0) is 6.08 Å². The lowest BCUT2D eigenvalue weighted by molar-refractivity contribution is -0.366. The van der Waals surface area contributed by atoms with Gasteiger partial charge in [-0.15, -0.1) is 0 Å². The summed E-state index contributed by atoms with van der Waals surface area (Å²) in [5.74, 6) is 0. The smallest absolute Gasteiger partial charge is 0.373 e. The molecule has 0 radical (unpaired) electrons. The summed E-state index contributed by atoms with van der Waals surface area (Å²) in [6.07, 6.45) is -30.8. The van der Waals surface area contributed by atoms with E-state index < -0.39 is 54.5 Å². The molecule has 0 spiro atoms. The number of hydrogen-bond donors (Lipinski definition) is 2. The van der Waals surface area contributed by atoms with E-state index in [9.17, 15) is 52.7 Å². The third-order valence-electron chi connectivity index (χ3n) is 2.57. The van der Waals surface area contributed by atoms with Crippen LogP contribution in [0, 0.1) is 0 Å². The standard InChI is InChI=1S/C9H6F12O2/c10-6(11,12)4(22,7(13,14)15)2-1-3-5(23,8(16,17)18)9(19,20)21/h1-2,22-23H,3H2/b2-1+. The van der Waals surface area contributed by atoms with Gasteiger partial charge in [0, 0.05) is 6.42 Å². The highest BCUT2D eigenvalue weighted by atomic mass is 19.4. The van der Waals surface area contributed by atoms with Gasteiger partial charge in [-0.3, -0.25) is 0 Å². The molecule has 0 bridgehead atoms. The third kappa shape index (κ3) is 4.02. The molecule has 14 heteroatoms. The maximum atomic E-state index is 12.2. The Labute approximate surface area is 119 Å². The fourth-order valence-corrected chi connectivity index (χ4v) is 1.14. The van der Waals surface area contributed by atoms with E-state index in [1.165, 1.54) is 0 Å². The number of hydrogen-bond acceptors (Lipinski definition) is 2. The molecule has 0 aromatic rings. The molecule has 138 valence electrons. The monoisotopic (exact) mass is 374 g/mol. The molecule has 0 aromatic heterocycles. The molecule has 0 aliphatic heterocycles. The summed E-state index contributed by atoms with van der Waals surface area (Å²) >= 11 is 0. The molecule has 0 saturated carbocycles. The van der Waals surface area contributed by atoms with Crippen molar-refractivity contribution in [2.45, 2.75) is 42.3 Å². The molecule has 0 amide bonds. The summed E-state index contributed by atoms with van der Waals surface area (Å²) in [4.78, 5) is 0. The lowest BCUT2D eigenvalue weighted by atomic mass is 9.95. The fraction of sp³-hybridized carbons (Fsp3) is 0.778. The van der Waals surface area contributed by atoms with E-state index in [-0.39, 0.29) is 0 Å². The Morgan fingerprint density at radius 2 is 0.870 bits per heavy atom. The summed E-state index contributed by atoms with van der Waals surface area (Å²) in [7, 11) is 0. The second-order valence-electron chi connectivity index (χ2n) is 4.22. The molecule has 0 saturated heterocycles. The highest BCUT2D eigenvalue weighted by Gasteiger charge is 2.71. The van der Waals surface area contributed by atoms with Crippen molar-refractivity contribution in [3.05, 3.63) is 12.2 Å². The van der Waals surface area contributed by atoms with Crippen LogP contribution in [-0.4, -0.2) is 46.1 Å². The molecule has 0 aromatic carbocycles. The zero-order chi connectivity index (χ0) is 19.1. The van der Waals surface area contributed by atoms with E-state index in [1.807, 2.05) is 0 Å². The SMILES string of the molecule is OC(/C=C/CC(O)(C(F)(F)F)C(F)(F)F)(C(F)(F)F)C(F)(F)F. The van der Waals surface area contributed by atoms with Crippen LogP contribution in [0.15, 0.2) is 12.2 Å². The minimum atomic E-state index is -6.48. The van der Waals surface area contributed by atoms with Crippen LogP contribution in [0.3, 0.4) is 0 Å². The van der Waals surface area contributed by atoms with Gasteiger partial charge in [0.15, 0.2) is 0 Å². The van der Waals surface area contributed by atoms with Crippen molar-refractivity contribution in [1.82, 2.24) is 0 Å². The van der Waals surface area contributed by atoms with Gasteiger partial charge in [0.25, 0.3) is 11.2 Å². The summed E-state index contributed by atoms with van der Waals surface area (Å²) in [5.41, 5.74) is -11.3. The van der Waals surface area contributed by atoms with E-state index in [0.717, 1.165) is 0 Å². The van der Waals surface area contributed by atoms with Gasteiger partial charge in [0.2, 0.25) is 0 Å². The van der Waals surface area contributed by atoms with E-state index in [2.05, 4.69) is 0 Å². The third-order valence-corrected chi connectivity index (χ3v) is 2.57. The summed E-state index contributed by atoms with van der Waals surface area (Å²) in [6, 6.07) is 0. The molecule has 2 N–H and O–H groups in total. The molecule has 0 unspecified atom stereocenters. The molecule has 0 atom stereocenters. The zero-order valence-corrected chi connectivity index (χ0v) is 10.3. The van der Waals surface area contributed by atoms with Gasteiger partial charge < -0.3 is 10.2 Å². The Morgan fingerprint density at radius 3 is 1.09 bits per heavy atom. The maximum Gasteiger partial charge on any atom is 0.429 e. The van der Waals surface area contributed by atoms with Crippen molar-refractivity contribution in [2.24, 2.45) is 0 Å². The second-order valence-corrected chi connectivity index (χ2v) is 4.22. The van der Waals surface area contributed by atoms with Crippen LogP contribution in [0.2, 0.25) is 0 Å². The van der Waals surface area contributed by atoms with Crippen molar-refractivity contribution in [3.63, 3.8) is 0 Å². The van der Waals surface area contributed by atoms with E-state index in [1.54, 1.807) is 0 Å². The van der Waals surface area contributed by atoms with Crippen molar-refractivity contribution in [3.8, 4) is 0 Å². The molecule has 23 heavy (non-hydrogen) atoms. The Balaban J connectivity index is 5.76. The number of aliphatic hydroxyl groups is 2. The molecule has 2 nitrogen and oxygen atoms in total. The van der Waals surface area contributed by atoms with Gasteiger partial charge in [-0.25, -0.2) is 0 Å². The van der Waals surface area contributed by atoms with Crippen LogP contribution in [0.4, 0.5) is 52.7 Å². The van der Waals surface area contributed by atoms with Crippen molar-refractivity contribution < 1.29 is 62.9 Å². The topological polar surface area (TPSA) is 40.5 Å². The van der Waals surface area contributed by atoms with Gasteiger partial charge in [-0.2, -0.15) is 52.7 Å². The zero-order valence-electron chi connectivity index (χ0n) is 10.3. The minimum Gasteiger partial charge on any atom is -0.373 e. The van der Waals surface area contributed by atoms with Gasteiger partial charge >= 0.3 is 24.7 Å². The quantitative estimate of drug-likeness (QED) is 0.585. The molecule has 0 heterocycles. The van der Waals surface area contributed by atoms with E-state index in [4.69, 9.17) is 10.2 Å².